The molecule has 0 aliphatic heterocycles. The van der Waals surface area contributed by atoms with Crippen molar-refractivity contribution >= 4 is 35.8 Å². The Balaban J connectivity index is 0.00000364. The smallest absolute Gasteiger partial charge is 0.287 e. The van der Waals surface area contributed by atoms with Crippen LogP contribution in [0.5, 0.6) is 11.5 Å². The highest BCUT2D eigenvalue weighted by molar-refractivity contribution is 14.0. The molecule has 1 aromatic carbocycles. The number of benzene rings is 1. The van der Waals surface area contributed by atoms with Crippen molar-refractivity contribution in [2.45, 2.75) is 6.42 Å². The lowest BCUT2D eigenvalue weighted by Crippen LogP contribution is -2.38. The summed E-state index contributed by atoms with van der Waals surface area (Å²) < 4.78 is 15.5. The second kappa shape index (κ2) is 12.0. The molecule has 4 N–H and O–H groups in total. The van der Waals surface area contributed by atoms with E-state index in [1.54, 1.807) is 26.4 Å². The molecule has 0 fully saturated rings. The number of aliphatic imine (C=N–C) groups is 1. The maximum absolute atomic E-state index is 11.7. The number of hydrogen-bond donors (Lipinski definition) is 3. The van der Waals surface area contributed by atoms with Crippen molar-refractivity contribution in [3.8, 4) is 11.5 Å². The van der Waals surface area contributed by atoms with E-state index in [1.807, 2.05) is 18.2 Å². The zero-order chi connectivity index (χ0) is 18.8. The van der Waals surface area contributed by atoms with Gasteiger partial charge in [-0.15, -0.1) is 24.0 Å². The van der Waals surface area contributed by atoms with Gasteiger partial charge >= 0.3 is 0 Å². The van der Waals surface area contributed by atoms with Gasteiger partial charge in [-0.05, 0) is 36.2 Å². The van der Waals surface area contributed by atoms with Gasteiger partial charge in [0.2, 0.25) is 0 Å². The molecular formula is C18H25IN4O4. The average molecular weight is 488 g/mol. The lowest BCUT2D eigenvalue weighted by atomic mass is 10.1. The van der Waals surface area contributed by atoms with Crippen LogP contribution in [0.3, 0.4) is 0 Å². The van der Waals surface area contributed by atoms with Crippen LogP contribution in [-0.4, -0.2) is 45.7 Å². The third kappa shape index (κ3) is 7.37. The Hall–Kier alpha value is -2.43. The summed E-state index contributed by atoms with van der Waals surface area (Å²) in [4.78, 5) is 15.9. The minimum atomic E-state index is -0.263. The fraction of sp³-hybridized carbons (Fsp3) is 0.333. The molecule has 1 heterocycles. The monoisotopic (exact) mass is 488 g/mol. The zero-order valence-corrected chi connectivity index (χ0v) is 17.7. The Morgan fingerprint density at radius 2 is 1.89 bits per heavy atom. The minimum absolute atomic E-state index is 0. The molecule has 0 bridgehead atoms. The highest BCUT2D eigenvalue weighted by Crippen LogP contribution is 2.27. The molecule has 0 spiro atoms. The number of ether oxygens (including phenoxy) is 2. The van der Waals surface area contributed by atoms with Crippen LogP contribution >= 0.6 is 24.0 Å². The molecule has 8 nitrogen and oxygen atoms in total. The highest BCUT2D eigenvalue weighted by Gasteiger charge is 2.07. The number of carbonyl (C=O) groups is 1. The van der Waals surface area contributed by atoms with E-state index in [9.17, 15) is 4.79 Å². The first-order valence-electron chi connectivity index (χ1n) is 8.20. The van der Waals surface area contributed by atoms with Crippen LogP contribution in [0, 0.1) is 0 Å². The van der Waals surface area contributed by atoms with E-state index >= 15 is 0 Å². The molecule has 0 aliphatic carbocycles. The number of methoxy groups -OCH3 is 2. The Labute approximate surface area is 175 Å². The second-order valence-corrected chi connectivity index (χ2v) is 5.37. The molecule has 1 amide bonds. The third-order valence-electron chi connectivity index (χ3n) is 3.59. The Bertz CT molecular complexity index is 735. The van der Waals surface area contributed by atoms with Crippen molar-refractivity contribution in [3.05, 3.63) is 47.9 Å². The first-order chi connectivity index (χ1) is 12.6. The van der Waals surface area contributed by atoms with E-state index < -0.39 is 0 Å². The molecule has 0 saturated heterocycles. The first-order valence-corrected chi connectivity index (χ1v) is 8.20. The summed E-state index contributed by atoms with van der Waals surface area (Å²) in [5.74, 6) is 1.73. The quantitative estimate of drug-likeness (QED) is 0.215. The van der Waals surface area contributed by atoms with Crippen molar-refractivity contribution in [2.24, 2.45) is 10.7 Å². The van der Waals surface area contributed by atoms with Crippen molar-refractivity contribution in [1.82, 2.24) is 10.6 Å². The number of amides is 1. The Morgan fingerprint density at radius 1 is 1.15 bits per heavy atom. The van der Waals surface area contributed by atoms with E-state index in [-0.39, 0.29) is 35.6 Å². The molecular weight excluding hydrogens is 463 g/mol. The van der Waals surface area contributed by atoms with Crippen LogP contribution in [-0.2, 0) is 6.42 Å². The lowest BCUT2D eigenvalue weighted by molar-refractivity contribution is 0.0926. The van der Waals surface area contributed by atoms with Crippen LogP contribution in [0.4, 0.5) is 0 Å². The number of hydrogen-bond acceptors (Lipinski definition) is 5. The number of nitrogens with zero attached hydrogens (tertiary/aromatic N) is 1. The first kappa shape index (κ1) is 22.6. The molecule has 2 aromatic rings. The molecule has 2 rings (SSSR count). The number of halogens is 1. The minimum Gasteiger partial charge on any atom is -0.493 e. The number of nitrogens with two attached hydrogens (primary N) is 1. The van der Waals surface area contributed by atoms with Gasteiger partial charge in [0.15, 0.2) is 23.2 Å². The number of guanidine groups is 1. The lowest BCUT2D eigenvalue weighted by Gasteiger charge is -2.09. The predicted molar refractivity (Wildman–Crippen MR) is 114 cm³/mol. The Morgan fingerprint density at radius 3 is 2.56 bits per heavy atom. The van der Waals surface area contributed by atoms with Gasteiger partial charge in [-0.1, -0.05) is 6.07 Å². The van der Waals surface area contributed by atoms with Crippen molar-refractivity contribution < 1.29 is 18.7 Å². The SMILES string of the molecule is COc1ccc(CCN=C(N)NCCNC(=O)c2ccco2)cc1OC.I. The van der Waals surface area contributed by atoms with Crippen LogP contribution in [0.25, 0.3) is 0 Å². The number of carbonyl (C=O) groups excluding carboxylic acids is 1. The fourth-order valence-corrected chi connectivity index (χ4v) is 2.26. The van der Waals surface area contributed by atoms with E-state index in [0.717, 1.165) is 12.0 Å². The standard InChI is InChI=1S/C18H24N4O4.HI/c1-24-14-6-5-13(12-16(14)25-2)7-8-21-18(19)22-10-9-20-17(23)15-4-3-11-26-15;/h3-6,11-12H,7-10H2,1-2H3,(H,20,23)(H3,19,21,22);1H. The van der Waals surface area contributed by atoms with Crippen LogP contribution < -0.4 is 25.8 Å². The number of nitrogens with one attached hydrogen (secondary N) is 2. The van der Waals surface area contributed by atoms with Gasteiger partial charge in [0.1, 0.15) is 0 Å². The van der Waals surface area contributed by atoms with Crippen LogP contribution in [0.15, 0.2) is 46.0 Å². The van der Waals surface area contributed by atoms with E-state index in [0.29, 0.717) is 37.1 Å². The van der Waals surface area contributed by atoms with E-state index in [2.05, 4.69) is 15.6 Å². The van der Waals surface area contributed by atoms with Gasteiger partial charge < -0.3 is 30.3 Å². The van der Waals surface area contributed by atoms with E-state index in [4.69, 9.17) is 19.6 Å². The fourth-order valence-electron chi connectivity index (χ4n) is 2.26. The maximum Gasteiger partial charge on any atom is 0.287 e. The highest BCUT2D eigenvalue weighted by atomic mass is 127. The normalized spacial score (nSPS) is 10.7. The van der Waals surface area contributed by atoms with Gasteiger partial charge in [-0.3, -0.25) is 9.79 Å². The molecule has 148 valence electrons. The van der Waals surface area contributed by atoms with Gasteiger partial charge in [-0.25, -0.2) is 0 Å². The molecule has 9 heteroatoms. The van der Waals surface area contributed by atoms with Gasteiger partial charge in [0.05, 0.1) is 20.5 Å². The molecule has 27 heavy (non-hydrogen) atoms. The summed E-state index contributed by atoms with van der Waals surface area (Å²) in [6.45, 7) is 1.41. The van der Waals surface area contributed by atoms with Crippen molar-refractivity contribution in [2.75, 3.05) is 33.9 Å². The summed E-state index contributed by atoms with van der Waals surface area (Å²) in [7, 11) is 3.21. The second-order valence-electron chi connectivity index (χ2n) is 5.37. The predicted octanol–water partition coefficient (Wildman–Crippen LogP) is 1.79. The van der Waals surface area contributed by atoms with Gasteiger partial charge in [0, 0.05) is 19.6 Å². The molecule has 0 aliphatic rings. The van der Waals surface area contributed by atoms with Crippen LogP contribution in [0.1, 0.15) is 16.1 Å². The summed E-state index contributed by atoms with van der Waals surface area (Å²) in [6.07, 6.45) is 2.17. The van der Waals surface area contributed by atoms with Crippen molar-refractivity contribution in [1.29, 1.82) is 0 Å². The average Bonchev–Trinajstić information content (AvgIpc) is 3.19. The number of furan rings is 1. The molecule has 1 aromatic heterocycles. The van der Waals surface area contributed by atoms with Crippen molar-refractivity contribution in [3.63, 3.8) is 0 Å². The largest absolute Gasteiger partial charge is 0.493 e. The summed E-state index contributed by atoms with van der Waals surface area (Å²) >= 11 is 0. The maximum atomic E-state index is 11.7. The van der Waals surface area contributed by atoms with E-state index in [1.165, 1.54) is 6.26 Å². The molecule has 0 atom stereocenters. The van der Waals surface area contributed by atoms with Gasteiger partial charge in [0.25, 0.3) is 5.91 Å². The molecule has 0 saturated carbocycles. The Kier molecular flexibility index (Phi) is 10.1. The topological polar surface area (TPSA) is 111 Å². The molecule has 0 unspecified atom stereocenters. The zero-order valence-electron chi connectivity index (χ0n) is 15.4. The summed E-state index contributed by atoms with van der Waals surface area (Å²) in [6, 6.07) is 9.01. The van der Waals surface area contributed by atoms with Gasteiger partial charge in [-0.2, -0.15) is 0 Å². The summed E-state index contributed by atoms with van der Waals surface area (Å²) in [5.41, 5.74) is 6.89. The van der Waals surface area contributed by atoms with Crippen LogP contribution in [0.2, 0.25) is 0 Å². The third-order valence-corrected chi connectivity index (χ3v) is 3.59. The number of rotatable bonds is 9. The molecule has 0 radical (unpaired) electrons. The summed E-state index contributed by atoms with van der Waals surface area (Å²) in [5, 5.41) is 5.66.